The summed E-state index contributed by atoms with van der Waals surface area (Å²) in [7, 11) is 1.72. The van der Waals surface area contributed by atoms with Crippen molar-refractivity contribution in [3.63, 3.8) is 0 Å². The molecule has 2 saturated heterocycles. The van der Waals surface area contributed by atoms with Gasteiger partial charge in [0, 0.05) is 31.9 Å². The van der Waals surface area contributed by atoms with Crippen LogP contribution >= 0.6 is 0 Å². The Labute approximate surface area is 102 Å². The standard InChI is InChI=1S/C13H19N3O/c1-17-12-5-2-6-15-13(12)16-7-3-4-10-8-14-9-11(10)16/h2,5-6,10-11,14H,3-4,7-9H2,1H3. The number of pyridine rings is 1. The van der Waals surface area contributed by atoms with Gasteiger partial charge in [-0.1, -0.05) is 0 Å². The van der Waals surface area contributed by atoms with Crippen LogP contribution in [0.5, 0.6) is 5.75 Å². The SMILES string of the molecule is COc1cccnc1N1CCCC2CNCC21. The Kier molecular flexibility index (Phi) is 2.89. The summed E-state index contributed by atoms with van der Waals surface area (Å²) in [6.07, 6.45) is 4.44. The fourth-order valence-electron chi connectivity index (χ4n) is 3.09. The second-order valence-corrected chi connectivity index (χ2v) is 4.85. The summed E-state index contributed by atoms with van der Waals surface area (Å²) >= 11 is 0. The van der Waals surface area contributed by atoms with Gasteiger partial charge in [-0.05, 0) is 30.9 Å². The molecule has 0 amide bonds. The van der Waals surface area contributed by atoms with Gasteiger partial charge in [0.2, 0.25) is 0 Å². The molecule has 0 aliphatic carbocycles. The van der Waals surface area contributed by atoms with Gasteiger partial charge in [-0.25, -0.2) is 4.98 Å². The van der Waals surface area contributed by atoms with E-state index in [2.05, 4.69) is 15.2 Å². The first kappa shape index (κ1) is 10.8. The lowest BCUT2D eigenvalue weighted by molar-refractivity contribution is 0.370. The first-order valence-corrected chi connectivity index (χ1v) is 6.36. The molecule has 2 aliphatic rings. The molecule has 0 radical (unpaired) electrons. The summed E-state index contributed by atoms with van der Waals surface area (Å²) in [5.74, 6) is 2.67. The molecule has 92 valence electrons. The smallest absolute Gasteiger partial charge is 0.171 e. The molecule has 17 heavy (non-hydrogen) atoms. The molecule has 0 aromatic carbocycles. The number of methoxy groups -OCH3 is 1. The van der Waals surface area contributed by atoms with Gasteiger partial charge >= 0.3 is 0 Å². The lowest BCUT2D eigenvalue weighted by Crippen LogP contribution is -2.45. The van der Waals surface area contributed by atoms with E-state index in [0.29, 0.717) is 6.04 Å². The van der Waals surface area contributed by atoms with Crippen LogP contribution < -0.4 is 15.0 Å². The van der Waals surface area contributed by atoms with E-state index in [4.69, 9.17) is 4.74 Å². The molecule has 4 heteroatoms. The molecule has 4 nitrogen and oxygen atoms in total. The van der Waals surface area contributed by atoms with E-state index in [9.17, 15) is 0 Å². The summed E-state index contributed by atoms with van der Waals surface area (Å²) in [5, 5.41) is 3.49. The highest BCUT2D eigenvalue weighted by Crippen LogP contribution is 2.34. The molecule has 2 aliphatic heterocycles. The highest BCUT2D eigenvalue weighted by Gasteiger charge is 2.36. The lowest BCUT2D eigenvalue weighted by Gasteiger charge is -2.38. The first-order valence-electron chi connectivity index (χ1n) is 6.36. The van der Waals surface area contributed by atoms with E-state index >= 15 is 0 Å². The van der Waals surface area contributed by atoms with Crippen LogP contribution in [0.3, 0.4) is 0 Å². The zero-order valence-electron chi connectivity index (χ0n) is 10.2. The summed E-state index contributed by atoms with van der Waals surface area (Å²) in [6, 6.07) is 4.51. The van der Waals surface area contributed by atoms with Crippen molar-refractivity contribution in [1.82, 2.24) is 10.3 Å². The third kappa shape index (κ3) is 1.86. The van der Waals surface area contributed by atoms with Gasteiger partial charge in [0.1, 0.15) is 0 Å². The predicted molar refractivity (Wildman–Crippen MR) is 67.5 cm³/mol. The molecule has 1 N–H and O–H groups in total. The number of hydrogen-bond donors (Lipinski definition) is 1. The van der Waals surface area contributed by atoms with E-state index in [-0.39, 0.29) is 0 Å². The summed E-state index contributed by atoms with van der Waals surface area (Å²) < 4.78 is 5.42. The molecule has 3 heterocycles. The number of anilines is 1. The molecule has 3 rings (SSSR count). The summed E-state index contributed by atoms with van der Waals surface area (Å²) in [6.45, 7) is 3.32. The van der Waals surface area contributed by atoms with Gasteiger partial charge in [-0.15, -0.1) is 0 Å². The average molecular weight is 233 g/mol. The monoisotopic (exact) mass is 233 g/mol. The van der Waals surface area contributed by atoms with Crippen LogP contribution in [0.15, 0.2) is 18.3 Å². The number of nitrogens with zero attached hydrogens (tertiary/aromatic N) is 2. The van der Waals surface area contributed by atoms with E-state index in [1.165, 1.54) is 12.8 Å². The average Bonchev–Trinajstić information content (AvgIpc) is 2.86. The van der Waals surface area contributed by atoms with Crippen molar-refractivity contribution in [1.29, 1.82) is 0 Å². The van der Waals surface area contributed by atoms with Crippen LogP contribution in [0.1, 0.15) is 12.8 Å². The van der Waals surface area contributed by atoms with Gasteiger partial charge < -0.3 is 15.0 Å². The van der Waals surface area contributed by atoms with Crippen molar-refractivity contribution >= 4 is 5.82 Å². The van der Waals surface area contributed by atoms with Gasteiger partial charge in [-0.3, -0.25) is 0 Å². The van der Waals surface area contributed by atoms with Gasteiger partial charge in [0.15, 0.2) is 11.6 Å². The highest BCUT2D eigenvalue weighted by molar-refractivity contribution is 5.53. The van der Waals surface area contributed by atoms with Crippen LogP contribution in [0, 0.1) is 5.92 Å². The van der Waals surface area contributed by atoms with Gasteiger partial charge in [-0.2, -0.15) is 0 Å². The molecule has 1 aromatic rings. The number of nitrogens with one attached hydrogen (secondary N) is 1. The number of ether oxygens (including phenoxy) is 1. The Balaban J connectivity index is 1.91. The number of fused-ring (bicyclic) bond motifs is 1. The molecule has 2 fully saturated rings. The van der Waals surface area contributed by atoms with Crippen molar-refractivity contribution in [3.05, 3.63) is 18.3 Å². The fraction of sp³-hybridized carbons (Fsp3) is 0.615. The van der Waals surface area contributed by atoms with Gasteiger partial charge in [0.25, 0.3) is 0 Å². The molecule has 2 atom stereocenters. The largest absolute Gasteiger partial charge is 0.493 e. The van der Waals surface area contributed by atoms with Crippen molar-refractivity contribution in [2.45, 2.75) is 18.9 Å². The summed E-state index contributed by atoms with van der Waals surface area (Å²) in [4.78, 5) is 6.93. The Morgan fingerprint density at radius 1 is 1.47 bits per heavy atom. The highest BCUT2D eigenvalue weighted by atomic mass is 16.5. The molecule has 1 aromatic heterocycles. The Bertz CT molecular complexity index is 396. The van der Waals surface area contributed by atoms with Gasteiger partial charge in [0.05, 0.1) is 7.11 Å². The second-order valence-electron chi connectivity index (χ2n) is 4.85. The Morgan fingerprint density at radius 2 is 2.41 bits per heavy atom. The quantitative estimate of drug-likeness (QED) is 0.835. The minimum absolute atomic E-state index is 0.590. The molecular formula is C13H19N3O. The molecular weight excluding hydrogens is 214 g/mol. The van der Waals surface area contributed by atoms with Crippen LogP contribution in [0.2, 0.25) is 0 Å². The maximum atomic E-state index is 5.42. The second kappa shape index (κ2) is 4.53. The zero-order valence-corrected chi connectivity index (χ0v) is 10.2. The lowest BCUT2D eigenvalue weighted by atomic mass is 9.92. The van der Waals surface area contributed by atoms with Crippen LogP contribution in [-0.4, -0.2) is 37.8 Å². The normalized spacial score (nSPS) is 27.9. The minimum Gasteiger partial charge on any atom is -0.493 e. The number of hydrogen-bond acceptors (Lipinski definition) is 4. The molecule has 0 bridgehead atoms. The molecule has 2 unspecified atom stereocenters. The minimum atomic E-state index is 0.590. The fourth-order valence-corrected chi connectivity index (χ4v) is 3.09. The third-order valence-electron chi connectivity index (χ3n) is 3.92. The van der Waals surface area contributed by atoms with Crippen molar-refractivity contribution < 1.29 is 4.74 Å². The van der Waals surface area contributed by atoms with E-state index in [1.54, 1.807) is 7.11 Å². The predicted octanol–water partition coefficient (Wildman–Crippen LogP) is 1.28. The van der Waals surface area contributed by atoms with Crippen LogP contribution in [0.4, 0.5) is 5.82 Å². The zero-order chi connectivity index (χ0) is 11.7. The van der Waals surface area contributed by atoms with Crippen molar-refractivity contribution in [2.75, 3.05) is 31.6 Å². The summed E-state index contributed by atoms with van der Waals surface area (Å²) in [5.41, 5.74) is 0. The topological polar surface area (TPSA) is 37.4 Å². The van der Waals surface area contributed by atoms with Crippen molar-refractivity contribution in [3.8, 4) is 5.75 Å². The number of rotatable bonds is 2. The maximum Gasteiger partial charge on any atom is 0.171 e. The molecule has 0 spiro atoms. The third-order valence-corrected chi connectivity index (χ3v) is 3.92. The van der Waals surface area contributed by atoms with E-state index in [0.717, 1.165) is 37.1 Å². The van der Waals surface area contributed by atoms with Crippen LogP contribution in [-0.2, 0) is 0 Å². The van der Waals surface area contributed by atoms with E-state index in [1.807, 2.05) is 18.3 Å². The maximum absolute atomic E-state index is 5.42. The Hall–Kier alpha value is -1.29. The first-order chi connectivity index (χ1) is 8.40. The Morgan fingerprint density at radius 3 is 3.29 bits per heavy atom. The van der Waals surface area contributed by atoms with Crippen LogP contribution in [0.25, 0.3) is 0 Å². The van der Waals surface area contributed by atoms with E-state index < -0.39 is 0 Å². The van der Waals surface area contributed by atoms with Crippen molar-refractivity contribution in [2.24, 2.45) is 5.92 Å². The number of aromatic nitrogens is 1. The number of piperidine rings is 1. The molecule has 0 saturated carbocycles.